The van der Waals surface area contributed by atoms with E-state index in [2.05, 4.69) is 20.4 Å². The molecule has 0 bridgehead atoms. The highest BCUT2D eigenvalue weighted by Crippen LogP contribution is 2.43. The molecule has 0 aromatic carbocycles. The van der Waals surface area contributed by atoms with Gasteiger partial charge in [0.1, 0.15) is 28.4 Å². The first-order chi connectivity index (χ1) is 17.1. The molecule has 0 spiro atoms. The highest BCUT2D eigenvalue weighted by molar-refractivity contribution is 5.68. The van der Waals surface area contributed by atoms with Gasteiger partial charge in [-0.1, -0.05) is 0 Å². The molecular weight excluding hydrogens is 470 g/mol. The van der Waals surface area contributed by atoms with E-state index in [-0.39, 0.29) is 17.6 Å². The van der Waals surface area contributed by atoms with Crippen molar-refractivity contribution >= 4 is 17.6 Å². The zero-order valence-electron chi connectivity index (χ0n) is 20.8. The van der Waals surface area contributed by atoms with Crippen molar-refractivity contribution in [2.75, 3.05) is 25.5 Å². The van der Waals surface area contributed by atoms with Crippen molar-refractivity contribution in [2.24, 2.45) is 0 Å². The van der Waals surface area contributed by atoms with Gasteiger partial charge >= 0.3 is 6.09 Å². The molecule has 1 saturated carbocycles. The van der Waals surface area contributed by atoms with Crippen LogP contribution < -0.4 is 10.1 Å². The molecule has 2 aliphatic rings. The van der Waals surface area contributed by atoms with Crippen LogP contribution in [0.2, 0.25) is 0 Å². The molecule has 4 heterocycles. The summed E-state index contributed by atoms with van der Waals surface area (Å²) in [5, 5.41) is 7.72. The second-order valence-corrected chi connectivity index (χ2v) is 10.3. The number of carbonyl (C=O) groups excluding carboxylic acids is 1. The average molecular weight is 501 g/mol. The molecule has 2 fully saturated rings. The molecule has 9 nitrogen and oxygen atoms in total. The quantitative estimate of drug-likeness (QED) is 0.540. The molecule has 0 unspecified atom stereocenters. The van der Waals surface area contributed by atoms with E-state index in [1.807, 2.05) is 20.8 Å². The summed E-state index contributed by atoms with van der Waals surface area (Å²) in [6, 6.07) is 2.31. The van der Waals surface area contributed by atoms with E-state index in [4.69, 9.17) is 9.47 Å². The Morgan fingerprint density at radius 2 is 1.94 bits per heavy atom. The number of hydrogen-bond acceptors (Lipinski definition) is 7. The molecule has 1 atom stereocenters. The largest absolute Gasteiger partial charge is 0.495 e. The van der Waals surface area contributed by atoms with Gasteiger partial charge in [0.15, 0.2) is 23.1 Å². The predicted molar refractivity (Wildman–Crippen MR) is 129 cm³/mol. The van der Waals surface area contributed by atoms with Crippen LogP contribution in [0.5, 0.6) is 5.75 Å². The van der Waals surface area contributed by atoms with Gasteiger partial charge in [0, 0.05) is 37.2 Å². The van der Waals surface area contributed by atoms with Crippen molar-refractivity contribution in [1.82, 2.24) is 24.5 Å². The summed E-state index contributed by atoms with van der Waals surface area (Å²) in [5.41, 5.74) is 0.906. The number of aromatic nitrogens is 4. The number of imidazole rings is 1. The van der Waals surface area contributed by atoms with E-state index in [0.717, 1.165) is 31.0 Å². The van der Waals surface area contributed by atoms with Crippen LogP contribution >= 0.6 is 0 Å². The molecule has 11 heteroatoms. The Balaban J connectivity index is 1.42. The molecule has 1 aliphatic heterocycles. The number of nitrogens with one attached hydrogen (secondary N) is 1. The van der Waals surface area contributed by atoms with Crippen LogP contribution in [0.15, 0.2) is 18.3 Å². The number of rotatable bonds is 5. The molecule has 1 saturated heterocycles. The number of hydrogen-bond donors (Lipinski definition) is 1. The van der Waals surface area contributed by atoms with E-state index in [9.17, 15) is 13.6 Å². The number of likely N-dealkylation sites (tertiary alicyclic amines) is 1. The smallest absolute Gasteiger partial charge is 0.410 e. The minimum absolute atomic E-state index is 0.0642. The Labute approximate surface area is 207 Å². The maximum atomic E-state index is 14.9. The lowest BCUT2D eigenvalue weighted by atomic mass is 10.1. The zero-order chi connectivity index (χ0) is 25.6. The van der Waals surface area contributed by atoms with Crippen LogP contribution in [0.3, 0.4) is 0 Å². The number of halogens is 2. The third-order valence-corrected chi connectivity index (χ3v) is 6.25. The molecule has 1 N–H and O–H groups in total. The fraction of sp³-hybridized carbons (Fsp3) is 0.520. The molecular formula is C25H30F2N6O3. The van der Waals surface area contributed by atoms with Gasteiger partial charge in [0.2, 0.25) is 0 Å². The van der Waals surface area contributed by atoms with Gasteiger partial charge in [0.05, 0.1) is 13.3 Å². The Kier molecular flexibility index (Phi) is 6.17. The first-order valence-corrected chi connectivity index (χ1v) is 12.2. The van der Waals surface area contributed by atoms with E-state index in [1.165, 1.54) is 10.7 Å². The second kappa shape index (κ2) is 9.18. The highest BCUT2D eigenvalue weighted by Gasteiger charge is 2.31. The van der Waals surface area contributed by atoms with Crippen molar-refractivity contribution in [3.8, 4) is 17.1 Å². The topological polar surface area (TPSA) is 93.9 Å². The number of piperidine rings is 1. The number of fused-ring (bicyclic) bond motifs is 1. The first-order valence-electron chi connectivity index (χ1n) is 12.2. The highest BCUT2D eigenvalue weighted by atomic mass is 19.1. The number of nitrogens with zero attached hydrogens (tertiary/aromatic N) is 5. The van der Waals surface area contributed by atoms with Crippen LogP contribution in [0.4, 0.5) is 19.4 Å². The monoisotopic (exact) mass is 500 g/mol. The van der Waals surface area contributed by atoms with Gasteiger partial charge in [-0.2, -0.15) is 5.10 Å². The number of anilines is 1. The van der Waals surface area contributed by atoms with Crippen molar-refractivity contribution in [2.45, 2.75) is 64.0 Å². The predicted octanol–water partition coefficient (Wildman–Crippen LogP) is 4.77. The average Bonchev–Trinajstić information content (AvgIpc) is 3.59. The SMILES string of the molecule is COc1cc2ncc(-c3nc(N[C@@H]4CCCN(C(=O)OC(C)(C)C)C4)c(F)cc3F)n2nc1C1CC1. The third-order valence-electron chi connectivity index (χ3n) is 6.25. The summed E-state index contributed by atoms with van der Waals surface area (Å²) < 4.78 is 42.2. The standard InChI is InChI=1S/C25H30F2N6O3/c1-25(2,3)36-24(34)32-9-5-6-15(13-32)29-23-17(27)10-16(26)22(30-23)18-12-28-20-11-19(35-4)21(14-7-8-14)31-33(18)20/h10-12,14-15H,5-9,13H2,1-4H3,(H,29,30)/t15-/m1/s1. The molecule has 3 aromatic rings. The summed E-state index contributed by atoms with van der Waals surface area (Å²) >= 11 is 0. The normalized spacial score (nSPS) is 18.4. The number of pyridine rings is 1. The van der Waals surface area contributed by atoms with Gasteiger partial charge in [-0.3, -0.25) is 0 Å². The molecule has 0 radical (unpaired) electrons. The van der Waals surface area contributed by atoms with Crippen LogP contribution in [0, 0.1) is 11.6 Å². The van der Waals surface area contributed by atoms with Crippen LogP contribution in [-0.2, 0) is 4.74 Å². The van der Waals surface area contributed by atoms with Gasteiger partial charge in [-0.05, 0) is 46.5 Å². The van der Waals surface area contributed by atoms with Gasteiger partial charge < -0.3 is 19.7 Å². The first kappa shape index (κ1) is 24.2. The van der Waals surface area contributed by atoms with Crippen molar-refractivity contribution in [1.29, 1.82) is 0 Å². The van der Waals surface area contributed by atoms with Crippen molar-refractivity contribution < 1.29 is 23.0 Å². The summed E-state index contributed by atoms with van der Waals surface area (Å²) in [5.74, 6) is -0.781. The second-order valence-electron chi connectivity index (χ2n) is 10.3. The van der Waals surface area contributed by atoms with Crippen molar-refractivity contribution in [3.05, 3.63) is 35.7 Å². The van der Waals surface area contributed by atoms with Gasteiger partial charge in [-0.15, -0.1) is 0 Å². The Hall–Kier alpha value is -3.50. The van der Waals surface area contributed by atoms with E-state index >= 15 is 0 Å². The number of ether oxygens (including phenoxy) is 2. The fourth-order valence-electron chi connectivity index (χ4n) is 4.40. The zero-order valence-corrected chi connectivity index (χ0v) is 20.8. The number of carbonyl (C=O) groups is 1. The lowest BCUT2D eigenvalue weighted by Crippen LogP contribution is -2.47. The minimum atomic E-state index is -0.815. The summed E-state index contributed by atoms with van der Waals surface area (Å²) in [6.07, 6.45) is 4.50. The van der Waals surface area contributed by atoms with E-state index in [1.54, 1.807) is 18.1 Å². The lowest BCUT2D eigenvalue weighted by Gasteiger charge is -2.34. The molecule has 1 amide bonds. The minimum Gasteiger partial charge on any atom is -0.495 e. The summed E-state index contributed by atoms with van der Waals surface area (Å²) in [6.45, 7) is 6.30. The fourth-order valence-corrected chi connectivity index (χ4v) is 4.40. The third kappa shape index (κ3) is 4.91. The number of methoxy groups -OCH3 is 1. The lowest BCUT2D eigenvalue weighted by molar-refractivity contribution is 0.0206. The molecule has 192 valence electrons. The molecule has 3 aromatic heterocycles. The van der Waals surface area contributed by atoms with Crippen LogP contribution in [-0.4, -0.2) is 62.4 Å². The van der Waals surface area contributed by atoms with E-state index in [0.29, 0.717) is 42.5 Å². The Morgan fingerprint density at radius 1 is 1.17 bits per heavy atom. The Bertz CT molecular complexity index is 1300. The van der Waals surface area contributed by atoms with Crippen LogP contribution in [0.1, 0.15) is 58.1 Å². The molecule has 5 rings (SSSR count). The maximum absolute atomic E-state index is 14.9. The molecule has 1 aliphatic carbocycles. The van der Waals surface area contributed by atoms with Gasteiger partial charge in [0.25, 0.3) is 0 Å². The summed E-state index contributed by atoms with van der Waals surface area (Å²) in [4.78, 5) is 22.7. The Morgan fingerprint density at radius 3 is 2.64 bits per heavy atom. The van der Waals surface area contributed by atoms with Gasteiger partial charge in [-0.25, -0.2) is 28.1 Å². The van der Waals surface area contributed by atoms with Crippen molar-refractivity contribution in [3.63, 3.8) is 0 Å². The maximum Gasteiger partial charge on any atom is 0.410 e. The molecule has 36 heavy (non-hydrogen) atoms. The van der Waals surface area contributed by atoms with Crippen LogP contribution in [0.25, 0.3) is 17.0 Å². The number of amides is 1. The van der Waals surface area contributed by atoms with E-state index < -0.39 is 23.3 Å². The summed E-state index contributed by atoms with van der Waals surface area (Å²) in [7, 11) is 1.58.